The smallest absolute Gasteiger partial charge is 0.233 e. The van der Waals surface area contributed by atoms with Gasteiger partial charge in [-0.05, 0) is 18.1 Å². The first-order chi connectivity index (χ1) is 8.62. The Balaban J connectivity index is 2.76. The molecule has 0 saturated heterocycles. The average Bonchev–Trinajstić information content (AvgIpc) is 2.39. The lowest BCUT2D eigenvalue weighted by Gasteiger charge is -2.12. The molecule has 0 aromatic heterocycles. The monoisotopic (exact) mass is 272 g/mol. The predicted octanol–water partition coefficient (Wildman–Crippen LogP) is 0.975. The van der Waals surface area contributed by atoms with Gasteiger partial charge < -0.3 is 20.5 Å². The SMILES string of the molecule is COc1cc(CCNC(=O)CN)c(OC)cc1Cl. The Morgan fingerprint density at radius 3 is 2.56 bits per heavy atom. The summed E-state index contributed by atoms with van der Waals surface area (Å²) in [6.07, 6.45) is 0.614. The molecule has 1 aromatic rings. The molecule has 18 heavy (non-hydrogen) atoms. The van der Waals surface area contributed by atoms with Gasteiger partial charge in [0.2, 0.25) is 5.91 Å². The molecule has 6 heteroatoms. The number of hydrogen-bond donors (Lipinski definition) is 2. The molecule has 0 heterocycles. The zero-order valence-electron chi connectivity index (χ0n) is 10.5. The first-order valence-electron chi connectivity index (χ1n) is 5.49. The molecule has 1 amide bonds. The molecule has 0 fully saturated rings. The largest absolute Gasteiger partial charge is 0.496 e. The van der Waals surface area contributed by atoms with E-state index in [9.17, 15) is 4.79 Å². The maximum atomic E-state index is 11.0. The van der Waals surface area contributed by atoms with Crippen LogP contribution in [0.2, 0.25) is 5.02 Å². The predicted molar refractivity (Wildman–Crippen MR) is 70.3 cm³/mol. The number of halogens is 1. The molecular formula is C12H17ClN2O3. The number of nitrogens with two attached hydrogens (primary N) is 1. The van der Waals surface area contributed by atoms with Crippen LogP contribution >= 0.6 is 11.6 Å². The van der Waals surface area contributed by atoms with Gasteiger partial charge in [-0.15, -0.1) is 0 Å². The number of methoxy groups -OCH3 is 2. The van der Waals surface area contributed by atoms with Crippen LogP contribution in [0.4, 0.5) is 0 Å². The van der Waals surface area contributed by atoms with Crippen LogP contribution in [0.1, 0.15) is 5.56 Å². The minimum atomic E-state index is -0.185. The minimum Gasteiger partial charge on any atom is -0.496 e. The van der Waals surface area contributed by atoms with Gasteiger partial charge >= 0.3 is 0 Å². The molecule has 1 aromatic carbocycles. The van der Waals surface area contributed by atoms with Gasteiger partial charge in [0, 0.05) is 12.6 Å². The Hall–Kier alpha value is -1.46. The molecule has 0 radical (unpaired) electrons. The van der Waals surface area contributed by atoms with Crippen molar-refractivity contribution in [3.05, 3.63) is 22.7 Å². The lowest BCUT2D eigenvalue weighted by atomic mass is 10.1. The molecule has 0 aliphatic heterocycles. The van der Waals surface area contributed by atoms with Crippen molar-refractivity contribution in [2.24, 2.45) is 5.73 Å². The molecule has 0 unspecified atom stereocenters. The molecule has 100 valence electrons. The third-order valence-corrected chi connectivity index (χ3v) is 2.75. The standard InChI is InChI=1S/C12H17ClN2O3/c1-17-10-6-9(13)11(18-2)5-8(10)3-4-15-12(16)7-14/h5-6H,3-4,7,14H2,1-2H3,(H,15,16). The Morgan fingerprint density at radius 1 is 1.33 bits per heavy atom. The van der Waals surface area contributed by atoms with E-state index in [1.165, 1.54) is 0 Å². The van der Waals surface area contributed by atoms with Gasteiger partial charge in [0.05, 0.1) is 25.8 Å². The molecule has 1 rings (SSSR count). The second-order valence-corrected chi connectivity index (χ2v) is 4.01. The van der Waals surface area contributed by atoms with Gasteiger partial charge in [-0.25, -0.2) is 0 Å². The van der Waals surface area contributed by atoms with E-state index in [0.29, 0.717) is 29.5 Å². The van der Waals surface area contributed by atoms with Gasteiger partial charge in [-0.2, -0.15) is 0 Å². The molecule has 5 nitrogen and oxygen atoms in total. The van der Waals surface area contributed by atoms with Gasteiger partial charge in [0.1, 0.15) is 11.5 Å². The molecule has 0 bridgehead atoms. The minimum absolute atomic E-state index is 0.0128. The third-order valence-electron chi connectivity index (χ3n) is 2.46. The van der Waals surface area contributed by atoms with Crippen LogP contribution in [0.3, 0.4) is 0 Å². The Labute approximate surface area is 111 Å². The molecular weight excluding hydrogens is 256 g/mol. The highest BCUT2D eigenvalue weighted by atomic mass is 35.5. The fraction of sp³-hybridized carbons (Fsp3) is 0.417. The highest BCUT2D eigenvalue weighted by Crippen LogP contribution is 2.32. The first kappa shape index (κ1) is 14.6. The van der Waals surface area contributed by atoms with Crippen LogP contribution < -0.4 is 20.5 Å². The second kappa shape index (κ2) is 7.08. The van der Waals surface area contributed by atoms with Crippen LogP contribution in [0.15, 0.2) is 12.1 Å². The van der Waals surface area contributed by atoms with Crippen molar-refractivity contribution in [2.75, 3.05) is 27.3 Å². The summed E-state index contributed by atoms with van der Waals surface area (Å²) in [5.41, 5.74) is 6.11. The van der Waals surface area contributed by atoms with Crippen molar-refractivity contribution in [3.63, 3.8) is 0 Å². The van der Waals surface area contributed by atoms with Crippen LogP contribution in [-0.4, -0.2) is 33.2 Å². The molecule has 3 N–H and O–H groups in total. The van der Waals surface area contributed by atoms with Crippen molar-refractivity contribution in [2.45, 2.75) is 6.42 Å². The fourth-order valence-electron chi connectivity index (χ4n) is 1.53. The van der Waals surface area contributed by atoms with E-state index < -0.39 is 0 Å². The van der Waals surface area contributed by atoms with Crippen molar-refractivity contribution >= 4 is 17.5 Å². The van der Waals surface area contributed by atoms with E-state index in [2.05, 4.69) is 5.32 Å². The summed E-state index contributed by atoms with van der Waals surface area (Å²) in [6, 6.07) is 3.50. The second-order valence-electron chi connectivity index (χ2n) is 3.60. The summed E-state index contributed by atoms with van der Waals surface area (Å²) in [7, 11) is 3.12. The van der Waals surface area contributed by atoms with E-state index >= 15 is 0 Å². The summed E-state index contributed by atoms with van der Waals surface area (Å²) >= 11 is 6.00. The van der Waals surface area contributed by atoms with E-state index in [1.807, 2.05) is 0 Å². The number of carbonyl (C=O) groups is 1. The van der Waals surface area contributed by atoms with Crippen LogP contribution in [0, 0.1) is 0 Å². The first-order valence-corrected chi connectivity index (χ1v) is 5.87. The van der Waals surface area contributed by atoms with Crippen LogP contribution in [-0.2, 0) is 11.2 Å². The molecule has 0 spiro atoms. The third kappa shape index (κ3) is 3.78. The van der Waals surface area contributed by atoms with Gasteiger partial charge in [-0.3, -0.25) is 4.79 Å². The number of hydrogen-bond acceptors (Lipinski definition) is 4. The summed E-state index contributed by atoms with van der Waals surface area (Å²) in [6.45, 7) is 0.470. The van der Waals surface area contributed by atoms with E-state index in [0.717, 1.165) is 5.56 Å². The number of ether oxygens (including phenoxy) is 2. The van der Waals surface area contributed by atoms with E-state index in [4.69, 9.17) is 26.8 Å². The number of rotatable bonds is 6. The number of nitrogens with one attached hydrogen (secondary N) is 1. The van der Waals surface area contributed by atoms with Crippen molar-refractivity contribution in [1.82, 2.24) is 5.32 Å². The van der Waals surface area contributed by atoms with Gasteiger partial charge in [0.15, 0.2) is 0 Å². The molecule has 0 atom stereocenters. The van der Waals surface area contributed by atoms with E-state index in [-0.39, 0.29) is 12.5 Å². The maximum absolute atomic E-state index is 11.0. The lowest BCUT2D eigenvalue weighted by Crippen LogP contribution is -2.31. The van der Waals surface area contributed by atoms with Gasteiger partial charge in [-0.1, -0.05) is 11.6 Å². The topological polar surface area (TPSA) is 73.6 Å². The van der Waals surface area contributed by atoms with Crippen molar-refractivity contribution in [1.29, 1.82) is 0 Å². The Kier molecular flexibility index (Phi) is 5.74. The highest BCUT2D eigenvalue weighted by Gasteiger charge is 2.10. The number of carbonyl (C=O) groups excluding carboxylic acids is 1. The molecule has 0 saturated carbocycles. The summed E-state index contributed by atoms with van der Waals surface area (Å²) in [5.74, 6) is 1.07. The normalized spacial score (nSPS) is 10.0. The number of amides is 1. The summed E-state index contributed by atoms with van der Waals surface area (Å²) < 4.78 is 10.4. The van der Waals surface area contributed by atoms with Crippen LogP contribution in [0.25, 0.3) is 0 Å². The Bertz CT molecular complexity index is 424. The van der Waals surface area contributed by atoms with Crippen molar-refractivity contribution < 1.29 is 14.3 Å². The Morgan fingerprint density at radius 2 is 2.00 bits per heavy atom. The fourth-order valence-corrected chi connectivity index (χ4v) is 1.76. The summed E-state index contributed by atoms with van der Waals surface area (Å²) in [5, 5.41) is 3.18. The van der Waals surface area contributed by atoms with E-state index in [1.54, 1.807) is 26.4 Å². The average molecular weight is 273 g/mol. The lowest BCUT2D eigenvalue weighted by molar-refractivity contribution is -0.119. The van der Waals surface area contributed by atoms with Crippen LogP contribution in [0.5, 0.6) is 11.5 Å². The van der Waals surface area contributed by atoms with Gasteiger partial charge in [0.25, 0.3) is 0 Å². The quantitative estimate of drug-likeness (QED) is 0.809. The maximum Gasteiger partial charge on any atom is 0.233 e. The molecule has 0 aliphatic carbocycles. The van der Waals surface area contributed by atoms with Crippen molar-refractivity contribution in [3.8, 4) is 11.5 Å². The molecule has 0 aliphatic rings. The zero-order valence-corrected chi connectivity index (χ0v) is 11.2. The summed E-state index contributed by atoms with van der Waals surface area (Å²) in [4.78, 5) is 11.0. The zero-order chi connectivity index (χ0) is 13.5. The number of benzene rings is 1. The highest BCUT2D eigenvalue weighted by molar-refractivity contribution is 6.32.